The predicted molar refractivity (Wildman–Crippen MR) is 74.6 cm³/mol. The van der Waals surface area contributed by atoms with E-state index in [1.54, 1.807) is 6.20 Å². The number of nitrogens with zero attached hydrogens (tertiary/aromatic N) is 3. The van der Waals surface area contributed by atoms with E-state index in [-0.39, 0.29) is 5.92 Å². The zero-order chi connectivity index (χ0) is 13.9. The van der Waals surface area contributed by atoms with Crippen molar-refractivity contribution < 1.29 is 9.90 Å². The fourth-order valence-electron chi connectivity index (χ4n) is 2.61. The normalized spacial score (nSPS) is 19.3. The molecule has 1 aliphatic rings. The van der Waals surface area contributed by atoms with E-state index in [2.05, 4.69) is 22.1 Å². The Kier molecular flexibility index (Phi) is 3.52. The molecule has 2 heterocycles. The molecule has 3 rings (SSSR count). The molecule has 1 aromatic carbocycles. The highest BCUT2D eigenvalue weighted by Crippen LogP contribution is 2.19. The second-order valence-corrected chi connectivity index (χ2v) is 5.18. The lowest BCUT2D eigenvalue weighted by Crippen LogP contribution is -2.22. The van der Waals surface area contributed by atoms with E-state index in [0.717, 1.165) is 25.2 Å². The molecule has 0 unspecified atom stereocenters. The third-order valence-electron chi connectivity index (χ3n) is 3.73. The van der Waals surface area contributed by atoms with Crippen molar-refractivity contribution in [2.24, 2.45) is 5.92 Å². The first-order valence-corrected chi connectivity index (χ1v) is 6.76. The van der Waals surface area contributed by atoms with Gasteiger partial charge in [0, 0.05) is 25.5 Å². The molecule has 1 aromatic heterocycles. The first-order chi connectivity index (χ1) is 9.72. The molecular weight excluding hydrogens is 254 g/mol. The van der Waals surface area contributed by atoms with Gasteiger partial charge in [-0.2, -0.15) is 5.10 Å². The summed E-state index contributed by atoms with van der Waals surface area (Å²) in [5.74, 6) is -0.889. The van der Waals surface area contributed by atoms with Crippen LogP contribution in [0.25, 0.3) is 5.69 Å². The SMILES string of the molecule is O=C(O)[C@H]1CCN(Cc2ccc(-n3cccn3)cc2)C1. The number of benzene rings is 1. The van der Waals surface area contributed by atoms with Crippen LogP contribution in [0.5, 0.6) is 0 Å². The Labute approximate surface area is 117 Å². The Balaban J connectivity index is 1.63. The summed E-state index contributed by atoms with van der Waals surface area (Å²) in [7, 11) is 0. The van der Waals surface area contributed by atoms with Crippen LogP contribution < -0.4 is 0 Å². The van der Waals surface area contributed by atoms with Gasteiger partial charge < -0.3 is 5.11 Å². The second-order valence-electron chi connectivity index (χ2n) is 5.18. The van der Waals surface area contributed by atoms with Gasteiger partial charge >= 0.3 is 5.97 Å². The van der Waals surface area contributed by atoms with Crippen molar-refractivity contribution in [3.8, 4) is 5.69 Å². The smallest absolute Gasteiger partial charge is 0.307 e. The minimum atomic E-state index is -0.679. The van der Waals surface area contributed by atoms with Crippen LogP contribution >= 0.6 is 0 Å². The van der Waals surface area contributed by atoms with Crippen LogP contribution in [0.15, 0.2) is 42.7 Å². The molecule has 1 N–H and O–H groups in total. The fourth-order valence-corrected chi connectivity index (χ4v) is 2.61. The van der Waals surface area contributed by atoms with Crippen LogP contribution in [0.3, 0.4) is 0 Å². The van der Waals surface area contributed by atoms with Crippen molar-refractivity contribution in [2.75, 3.05) is 13.1 Å². The predicted octanol–water partition coefficient (Wildman–Crippen LogP) is 1.78. The first kappa shape index (κ1) is 12.9. The molecule has 0 saturated carbocycles. The Morgan fingerprint density at radius 1 is 1.35 bits per heavy atom. The molecule has 5 heteroatoms. The number of carboxylic acid groups (broad SMARTS) is 1. The molecule has 0 amide bonds. The minimum absolute atomic E-state index is 0.210. The number of likely N-dealkylation sites (tertiary alicyclic amines) is 1. The molecule has 0 bridgehead atoms. The molecule has 1 saturated heterocycles. The van der Waals surface area contributed by atoms with E-state index in [0.29, 0.717) is 6.54 Å². The Bertz CT molecular complexity index is 578. The van der Waals surface area contributed by atoms with Crippen molar-refractivity contribution in [2.45, 2.75) is 13.0 Å². The highest BCUT2D eigenvalue weighted by molar-refractivity contribution is 5.70. The third-order valence-corrected chi connectivity index (χ3v) is 3.73. The standard InChI is InChI=1S/C15H17N3O2/c19-15(20)13-6-9-17(11-13)10-12-2-4-14(5-3-12)18-8-1-7-16-18/h1-5,7-8,13H,6,9-11H2,(H,19,20)/t13-/m0/s1. The molecule has 0 spiro atoms. The Morgan fingerprint density at radius 2 is 2.15 bits per heavy atom. The van der Waals surface area contributed by atoms with Crippen LogP contribution in [0.1, 0.15) is 12.0 Å². The van der Waals surface area contributed by atoms with E-state index in [4.69, 9.17) is 5.11 Å². The number of hydrogen-bond donors (Lipinski definition) is 1. The molecule has 104 valence electrons. The van der Waals surface area contributed by atoms with Crippen LogP contribution in [0.2, 0.25) is 0 Å². The van der Waals surface area contributed by atoms with Gasteiger partial charge in [-0.3, -0.25) is 9.69 Å². The molecule has 1 fully saturated rings. The average Bonchev–Trinajstić information content (AvgIpc) is 3.10. The molecule has 1 atom stereocenters. The van der Waals surface area contributed by atoms with Crippen molar-refractivity contribution in [1.82, 2.24) is 14.7 Å². The van der Waals surface area contributed by atoms with E-state index in [1.165, 1.54) is 5.56 Å². The zero-order valence-corrected chi connectivity index (χ0v) is 11.1. The van der Waals surface area contributed by atoms with Crippen LogP contribution in [0.4, 0.5) is 0 Å². The van der Waals surface area contributed by atoms with Crippen molar-refractivity contribution in [3.63, 3.8) is 0 Å². The third kappa shape index (κ3) is 2.72. The lowest BCUT2D eigenvalue weighted by molar-refractivity contribution is -0.141. The second kappa shape index (κ2) is 5.46. The lowest BCUT2D eigenvalue weighted by atomic mass is 10.1. The molecule has 20 heavy (non-hydrogen) atoms. The van der Waals surface area contributed by atoms with Crippen molar-refractivity contribution in [3.05, 3.63) is 48.3 Å². The van der Waals surface area contributed by atoms with Crippen LogP contribution in [-0.4, -0.2) is 38.8 Å². The van der Waals surface area contributed by atoms with Crippen LogP contribution in [-0.2, 0) is 11.3 Å². The number of hydrogen-bond acceptors (Lipinski definition) is 3. The van der Waals surface area contributed by atoms with Gasteiger partial charge in [-0.1, -0.05) is 12.1 Å². The van der Waals surface area contributed by atoms with Crippen LogP contribution in [0, 0.1) is 5.92 Å². The molecular formula is C15H17N3O2. The summed E-state index contributed by atoms with van der Waals surface area (Å²) >= 11 is 0. The van der Waals surface area contributed by atoms with Gasteiger partial charge in [-0.05, 0) is 36.7 Å². The maximum Gasteiger partial charge on any atom is 0.307 e. The Hall–Kier alpha value is -2.14. The number of carbonyl (C=O) groups is 1. The van der Waals surface area contributed by atoms with Crippen molar-refractivity contribution in [1.29, 1.82) is 0 Å². The van der Waals surface area contributed by atoms with Gasteiger partial charge in [0.25, 0.3) is 0 Å². The molecule has 2 aromatic rings. The summed E-state index contributed by atoms with van der Waals surface area (Å²) in [5, 5.41) is 13.2. The van der Waals surface area contributed by atoms with E-state index < -0.39 is 5.97 Å². The maximum absolute atomic E-state index is 10.9. The summed E-state index contributed by atoms with van der Waals surface area (Å²) in [6, 6.07) is 10.1. The van der Waals surface area contributed by atoms with E-state index in [1.807, 2.05) is 29.1 Å². The van der Waals surface area contributed by atoms with Gasteiger partial charge in [-0.25, -0.2) is 4.68 Å². The summed E-state index contributed by atoms with van der Waals surface area (Å²) in [6.07, 6.45) is 4.41. The molecule has 0 radical (unpaired) electrons. The Morgan fingerprint density at radius 3 is 2.75 bits per heavy atom. The molecule has 1 aliphatic heterocycles. The molecule has 0 aliphatic carbocycles. The van der Waals surface area contributed by atoms with E-state index >= 15 is 0 Å². The number of rotatable bonds is 4. The number of aliphatic carboxylic acids is 1. The van der Waals surface area contributed by atoms with Crippen molar-refractivity contribution >= 4 is 5.97 Å². The largest absolute Gasteiger partial charge is 0.481 e. The van der Waals surface area contributed by atoms with E-state index in [9.17, 15) is 4.79 Å². The van der Waals surface area contributed by atoms with Gasteiger partial charge in [0.1, 0.15) is 0 Å². The zero-order valence-electron chi connectivity index (χ0n) is 11.1. The molecule has 5 nitrogen and oxygen atoms in total. The topological polar surface area (TPSA) is 58.4 Å². The number of carboxylic acids is 1. The highest BCUT2D eigenvalue weighted by Gasteiger charge is 2.27. The number of aromatic nitrogens is 2. The quantitative estimate of drug-likeness (QED) is 0.921. The average molecular weight is 271 g/mol. The van der Waals surface area contributed by atoms with Gasteiger partial charge in [0.2, 0.25) is 0 Å². The maximum atomic E-state index is 10.9. The summed E-state index contributed by atoms with van der Waals surface area (Å²) in [4.78, 5) is 13.1. The summed E-state index contributed by atoms with van der Waals surface area (Å²) < 4.78 is 1.82. The first-order valence-electron chi connectivity index (χ1n) is 6.76. The fraction of sp³-hybridized carbons (Fsp3) is 0.333. The lowest BCUT2D eigenvalue weighted by Gasteiger charge is -2.15. The summed E-state index contributed by atoms with van der Waals surface area (Å²) in [5.41, 5.74) is 2.23. The summed E-state index contributed by atoms with van der Waals surface area (Å²) in [6.45, 7) is 2.32. The monoisotopic (exact) mass is 271 g/mol. The van der Waals surface area contributed by atoms with Gasteiger partial charge in [0.05, 0.1) is 11.6 Å². The highest BCUT2D eigenvalue weighted by atomic mass is 16.4. The van der Waals surface area contributed by atoms with Gasteiger partial charge in [-0.15, -0.1) is 0 Å². The minimum Gasteiger partial charge on any atom is -0.481 e. The van der Waals surface area contributed by atoms with Gasteiger partial charge in [0.15, 0.2) is 0 Å².